The average Bonchev–Trinajstić information content (AvgIpc) is 3.01. The number of aliphatic imine (C=N–C) groups is 1. The number of carbonyl (C=O) groups is 1. The highest BCUT2D eigenvalue weighted by Gasteiger charge is 2.30. The Hall–Kier alpha value is -2.98. The van der Waals surface area contributed by atoms with Crippen LogP contribution >= 0.6 is 15.9 Å². The van der Waals surface area contributed by atoms with Crippen LogP contribution in [0, 0.1) is 0 Å². The molecule has 0 spiro atoms. The van der Waals surface area contributed by atoms with Crippen LogP contribution < -0.4 is 0 Å². The summed E-state index contributed by atoms with van der Waals surface area (Å²) >= 11 is 3.43. The Bertz CT molecular complexity index is 1010. The Kier molecular flexibility index (Phi) is 4.99. The van der Waals surface area contributed by atoms with E-state index in [4.69, 9.17) is 0 Å². The van der Waals surface area contributed by atoms with E-state index in [2.05, 4.69) is 20.9 Å². The maximum absolute atomic E-state index is 13.1. The van der Waals surface area contributed by atoms with E-state index in [1.165, 1.54) is 0 Å². The minimum Gasteiger partial charge on any atom is -0.286 e. The Balaban J connectivity index is 1.72. The fraction of sp³-hybridized carbons (Fsp3) is 0.0435. The number of carbonyl (C=O) groups excluding carboxylic acids is 1. The zero-order valence-electron chi connectivity index (χ0n) is 14.5. The van der Waals surface area contributed by atoms with Crippen LogP contribution in [-0.4, -0.2) is 16.6 Å². The predicted molar refractivity (Wildman–Crippen MR) is 112 cm³/mol. The van der Waals surface area contributed by atoms with Crippen molar-refractivity contribution in [3.63, 3.8) is 0 Å². The molecule has 0 fully saturated rings. The van der Waals surface area contributed by atoms with Gasteiger partial charge in [-0.25, -0.2) is 4.99 Å². The number of amidine groups is 1. The molecule has 132 valence electrons. The van der Waals surface area contributed by atoms with E-state index in [-0.39, 0.29) is 5.91 Å². The van der Waals surface area contributed by atoms with E-state index in [9.17, 15) is 4.79 Å². The van der Waals surface area contributed by atoms with Crippen molar-refractivity contribution in [3.05, 3.63) is 112 Å². The monoisotopic (exact) mass is 416 g/mol. The van der Waals surface area contributed by atoms with Crippen LogP contribution in [0.25, 0.3) is 6.08 Å². The third-order valence-corrected chi connectivity index (χ3v) is 4.86. The minimum atomic E-state index is -0.0828. The number of hydrogen-bond acceptors (Lipinski definition) is 2. The third kappa shape index (κ3) is 3.91. The molecule has 3 aromatic rings. The highest BCUT2D eigenvalue weighted by Crippen LogP contribution is 2.24. The highest BCUT2D eigenvalue weighted by molar-refractivity contribution is 9.10. The summed E-state index contributed by atoms with van der Waals surface area (Å²) in [5, 5.41) is 0. The van der Waals surface area contributed by atoms with Gasteiger partial charge in [0, 0.05) is 10.0 Å². The lowest BCUT2D eigenvalue weighted by Crippen LogP contribution is -2.32. The molecule has 3 aromatic carbocycles. The van der Waals surface area contributed by atoms with Gasteiger partial charge in [-0.15, -0.1) is 0 Å². The van der Waals surface area contributed by atoms with Gasteiger partial charge in [-0.1, -0.05) is 88.7 Å². The van der Waals surface area contributed by atoms with Crippen molar-refractivity contribution in [2.75, 3.05) is 0 Å². The van der Waals surface area contributed by atoms with E-state index in [1.54, 1.807) is 4.90 Å². The molecule has 1 aliphatic rings. The van der Waals surface area contributed by atoms with E-state index in [0.717, 1.165) is 21.2 Å². The Morgan fingerprint density at radius 2 is 1.48 bits per heavy atom. The van der Waals surface area contributed by atoms with E-state index >= 15 is 0 Å². The van der Waals surface area contributed by atoms with Crippen molar-refractivity contribution in [2.24, 2.45) is 4.99 Å². The molecule has 3 nitrogen and oxygen atoms in total. The largest absolute Gasteiger partial charge is 0.286 e. The molecule has 27 heavy (non-hydrogen) atoms. The van der Waals surface area contributed by atoms with Gasteiger partial charge in [0.05, 0.1) is 6.54 Å². The smallest absolute Gasteiger partial charge is 0.278 e. The molecule has 1 aliphatic heterocycles. The van der Waals surface area contributed by atoms with Gasteiger partial charge in [0.2, 0.25) is 0 Å². The quantitative estimate of drug-likeness (QED) is 0.532. The number of rotatable bonds is 4. The van der Waals surface area contributed by atoms with Crippen LogP contribution in [0.2, 0.25) is 0 Å². The van der Waals surface area contributed by atoms with Crippen molar-refractivity contribution in [1.82, 2.24) is 4.90 Å². The Morgan fingerprint density at radius 3 is 2.15 bits per heavy atom. The first-order valence-corrected chi connectivity index (χ1v) is 9.47. The molecular formula is C23H17BrN2O. The van der Waals surface area contributed by atoms with Crippen LogP contribution in [0.15, 0.2) is 100 Å². The molecule has 0 bridgehead atoms. The lowest BCUT2D eigenvalue weighted by Gasteiger charge is -2.18. The standard InChI is InChI=1S/C23H17BrN2O/c24-20-13-11-17(12-14-20)15-21-23(27)26(16-18-7-3-1-4-8-18)22(25-21)19-9-5-2-6-10-19/h1-15H,16H2. The summed E-state index contributed by atoms with van der Waals surface area (Å²) in [5.41, 5.74) is 3.40. The van der Waals surface area contributed by atoms with Gasteiger partial charge in [0.15, 0.2) is 0 Å². The maximum Gasteiger partial charge on any atom is 0.278 e. The van der Waals surface area contributed by atoms with Gasteiger partial charge in [-0.05, 0) is 29.3 Å². The van der Waals surface area contributed by atoms with E-state index in [0.29, 0.717) is 18.1 Å². The second-order valence-corrected chi connectivity index (χ2v) is 7.18. The number of halogens is 1. The summed E-state index contributed by atoms with van der Waals surface area (Å²) in [5.74, 6) is 0.605. The second kappa shape index (κ2) is 7.72. The maximum atomic E-state index is 13.1. The molecule has 1 amide bonds. The van der Waals surface area contributed by atoms with Crippen LogP contribution in [0.3, 0.4) is 0 Å². The first-order chi connectivity index (χ1) is 13.2. The zero-order chi connectivity index (χ0) is 18.6. The number of hydrogen-bond donors (Lipinski definition) is 0. The van der Waals surface area contributed by atoms with Gasteiger partial charge in [-0.3, -0.25) is 9.69 Å². The van der Waals surface area contributed by atoms with Crippen LogP contribution in [0.1, 0.15) is 16.7 Å². The van der Waals surface area contributed by atoms with Gasteiger partial charge in [0.25, 0.3) is 5.91 Å². The summed E-state index contributed by atoms with van der Waals surface area (Å²) in [6, 6.07) is 27.6. The van der Waals surface area contributed by atoms with E-state index in [1.807, 2.05) is 91.0 Å². The molecule has 0 aliphatic carbocycles. The summed E-state index contributed by atoms with van der Waals surface area (Å²) in [6.07, 6.45) is 1.84. The minimum absolute atomic E-state index is 0.0828. The number of nitrogens with zero attached hydrogens (tertiary/aromatic N) is 2. The molecule has 0 aromatic heterocycles. The van der Waals surface area contributed by atoms with Crippen molar-refractivity contribution in [3.8, 4) is 0 Å². The van der Waals surface area contributed by atoms with Crippen LogP contribution in [0.5, 0.6) is 0 Å². The summed E-state index contributed by atoms with van der Waals surface area (Å²) in [7, 11) is 0. The molecule has 0 unspecified atom stereocenters. The first-order valence-electron chi connectivity index (χ1n) is 8.68. The topological polar surface area (TPSA) is 32.7 Å². The normalized spacial score (nSPS) is 15.3. The molecular weight excluding hydrogens is 400 g/mol. The van der Waals surface area contributed by atoms with Crippen molar-refractivity contribution >= 4 is 33.7 Å². The SMILES string of the molecule is O=C1C(=Cc2ccc(Br)cc2)N=C(c2ccccc2)N1Cc1ccccc1. The number of benzene rings is 3. The van der Waals surface area contributed by atoms with Crippen molar-refractivity contribution in [2.45, 2.75) is 6.54 Å². The Morgan fingerprint density at radius 1 is 0.852 bits per heavy atom. The van der Waals surface area contributed by atoms with Gasteiger partial charge >= 0.3 is 0 Å². The molecule has 4 heteroatoms. The molecule has 0 saturated heterocycles. The average molecular weight is 417 g/mol. The van der Waals surface area contributed by atoms with Crippen LogP contribution in [0.4, 0.5) is 0 Å². The molecule has 4 rings (SSSR count). The van der Waals surface area contributed by atoms with Gasteiger partial charge < -0.3 is 0 Å². The molecule has 0 N–H and O–H groups in total. The molecule has 0 saturated carbocycles. The van der Waals surface area contributed by atoms with Gasteiger partial charge in [0.1, 0.15) is 11.5 Å². The van der Waals surface area contributed by atoms with E-state index < -0.39 is 0 Å². The summed E-state index contributed by atoms with van der Waals surface area (Å²) in [6.45, 7) is 0.491. The summed E-state index contributed by atoms with van der Waals surface area (Å²) < 4.78 is 1.00. The lowest BCUT2D eigenvalue weighted by atomic mass is 10.1. The fourth-order valence-electron chi connectivity index (χ4n) is 2.99. The third-order valence-electron chi connectivity index (χ3n) is 4.34. The van der Waals surface area contributed by atoms with Crippen molar-refractivity contribution in [1.29, 1.82) is 0 Å². The van der Waals surface area contributed by atoms with Crippen molar-refractivity contribution < 1.29 is 4.79 Å². The van der Waals surface area contributed by atoms with Crippen LogP contribution in [-0.2, 0) is 11.3 Å². The first kappa shape index (κ1) is 17.4. The molecule has 1 heterocycles. The number of amides is 1. The highest BCUT2D eigenvalue weighted by atomic mass is 79.9. The molecule has 0 radical (unpaired) electrons. The molecule has 0 atom stereocenters. The lowest BCUT2D eigenvalue weighted by molar-refractivity contribution is -0.123. The summed E-state index contributed by atoms with van der Waals surface area (Å²) in [4.78, 5) is 19.5. The zero-order valence-corrected chi connectivity index (χ0v) is 16.1. The Labute approximate surface area is 166 Å². The second-order valence-electron chi connectivity index (χ2n) is 6.26. The predicted octanol–water partition coefficient (Wildman–Crippen LogP) is 5.28. The van der Waals surface area contributed by atoms with Gasteiger partial charge in [-0.2, -0.15) is 0 Å². The fourth-order valence-corrected chi connectivity index (χ4v) is 3.25.